The first-order valence-corrected chi connectivity index (χ1v) is 7.32. The molecule has 0 saturated carbocycles. The van der Waals surface area contributed by atoms with E-state index in [2.05, 4.69) is 10.5 Å². The summed E-state index contributed by atoms with van der Waals surface area (Å²) >= 11 is 0. The van der Waals surface area contributed by atoms with Gasteiger partial charge < -0.3 is 10.2 Å². The Morgan fingerprint density at radius 1 is 1.23 bits per heavy atom. The molecule has 0 fully saturated rings. The molecule has 22 heavy (non-hydrogen) atoms. The molecule has 0 amide bonds. The molecule has 1 aliphatic carbocycles. The van der Waals surface area contributed by atoms with Gasteiger partial charge in [0.15, 0.2) is 5.65 Å². The van der Waals surface area contributed by atoms with E-state index < -0.39 is 0 Å². The van der Waals surface area contributed by atoms with Crippen molar-refractivity contribution in [1.82, 2.24) is 14.6 Å². The van der Waals surface area contributed by atoms with Gasteiger partial charge in [0.2, 0.25) is 0 Å². The number of nitrogens with zero attached hydrogens (tertiary/aromatic N) is 3. The minimum atomic E-state index is 0.819. The first-order valence-electron chi connectivity index (χ1n) is 7.32. The van der Waals surface area contributed by atoms with Gasteiger partial charge in [0.25, 0.3) is 0 Å². The molecular formula is C16H17N5O. The van der Waals surface area contributed by atoms with Crippen molar-refractivity contribution >= 4 is 11.5 Å². The lowest BCUT2D eigenvalue weighted by molar-refractivity contribution is 0.415. The van der Waals surface area contributed by atoms with E-state index in [4.69, 9.17) is 15.6 Å². The summed E-state index contributed by atoms with van der Waals surface area (Å²) in [4.78, 5) is 4.72. The molecule has 2 heterocycles. The Hall–Kier alpha value is -2.60. The molecule has 0 radical (unpaired) electrons. The van der Waals surface area contributed by atoms with Crippen LogP contribution in [-0.2, 0) is 12.8 Å². The van der Waals surface area contributed by atoms with Crippen LogP contribution in [0.5, 0.6) is 5.75 Å². The van der Waals surface area contributed by atoms with Crippen molar-refractivity contribution in [2.45, 2.75) is 19.3 Å². The third-order valence-corrected chi connectivity index (χ3v) is 4.15. The molecule has 0 saturated heterocycles. The zero-order valence-electron chi connectivity index (χ0n) is 12.3. The Labute approximate surface area is 127 Å². The molecular weight excluding hydrogens is 278 g/mol. The zero-order valence-corrected chi connectivity index (χ0v) is 12.3. The van der Waals surface area contributed by atoms with E-state index in [9.17, 15) is 0 Å². The van der Waals surface area contributed by atoms with Gasteiger partial charge in [-0.3, -0.25) is 0 Å². The molecule has 6 nitrogen and oxygen atoms in total. The highest BCUT2D eigenvalue weighted by molar-refractivity contribution is 5.67. The highest BCUT2D eigenvalue weighted by atomic mass is 16.5. The van der Waals surface area contributed by atoms with Crippen LogP contribution in [0.2, 0.25) is 0 Å². The Kier molecular flexibility index (Phi) is 2.97. The average Bonchev–Trinajstić information content (AvgIpc) is 3.18. The van der Waals surface area contributed by atoms with E-state index in [0.29, 0.717) is 0 Å². The highest BCUT2D eigenvalue weighted by Crippen LogP contribution is 2.30. The smallest absolute Gasteiger partial charge is 0.158 e. The quantitative estimate of drug-likeness (QED) is 0.572. The van der Waals surface area contributed by atoms with Gasteiger partial charge in [0.1, 0.15) is 11.6 Å². The number of rotatable bonds is 3. The normalized spacial score (nSPS) is 13.4. The lowest BCUT2D eigenvalue weighted by Gasteiger charge is -2.09. The summed E-state index contributed by atoms with van der Waals surface area (Å²) in [6.07, 6.45) is 3.12. The van der Waals surface area contributed by atoms with Gasteiger partial charge in [0.05, 0.1) is 12.8 Å². The number of benzene rings is 1. The summed E-state index contributed by atoms with van der Waals surface area (Å²) < 4.78 is 6.98. The SMILES string of the molecule is COc1ccc(-c2cc3nc4c(c(NN)n3n2)CCC4)cc1. The average molecular weight is 295 g/mol. The van der Waals surface area contributed by atoms with E-state index >= 15 is 0 Å². The fraction of sp³-hybridized carbons (Fsp3) is 0.250. The number of fused-ring (bicyclic) bond motifs is 2. The minimum absolute atomic E-state index is 0.819. The lowest BCUT2D eigenvalue weighted by Crippen LogP contribution is -2.15. The number of hydrazine groups is 1. The summed E-state index contributed by atoms with van der Waals surface area (Å²) in [7, 11) is 1.66. The number of aryl methyl sites for hydroxylation is 1. The molecule has 3 aromatic rings. The van der Waals surface area contributed by atoms with Crippen LogP contribution in [0.4, 0.5) is 5.82 Å². The van der Waals surface area contributed by atoms with Gasteiger partial charge in [0, 0.05) is 22.9 Å². The molecule has 3 N–H and O–H groups in total. The maximum Gasteiger partial charge on any atom is 0.158 e. The minimum Gasteiger partial charge on any atom is -0.497 e. The van der Waals surface area contributed by atoms with Gasteiger partial charge in [-0.1, -0.05) is 0 Å². The summed E-state index contributed by atoms with van der Waals surface area (Å²) in [5.74, 6) is 7.39. The molecule has 1 aliphatic rings. The van der Waals surface area contributed by atoms with Crippen molar-refractivity contribution < 1.29 is 4.74 Å². The summed E-state index contributed by atoms with van der Waals surface area (Å²) in [5, 5.41) is 4.66. The molecule has 1 aromatic carbocycles. The van der Waals surface area contributed by atoms with Crippen LogP contribution in [0, 0.1) is 0 Å². The molecule has 0 aliphatic heterocycles. The first kappa shape index (κ1) is 13.1. The number of methoxy groups -OCH3 is 1. The molecule has 6 heteroatoms. The maximum absolute atomic E-state index is 5.72. The second-order valence-corrected chi connectivity index (χ2v) is 5.41. The van der Waals surface area contributed by atoms with E-state index in [1.54, 1.807) is 11.6 Å². The Bertz CT molecular complexity index is 838. The van der Waals surface area contributed by atoms with Gasteiger partial charge in [-0.15, -0.1) is 0 Å². The van der Waals surface area contributed by atoms with Crippen LogP contribution < -0.4 is 16.0 Å². The number of nitrogen functional groups attached to an aromatic ring is 1. The highest BCUT2D eigenvalue weighted by Gasteiger charge is 2.20. The second-order valence-electron chi connectivity index (χ2n) is 5.41. The largest absolute Gasteiger partial charge is 0.497 e. The first-order chi connectivity index (χ1) is 10.8. The van der Waals surface area contributed by atoms with E-state index in [-0.39, 0.29) is 0 Å². The van der Waals surface area contributed by atoms with Crippen LogP contribution in [0.15, 0.2) is 30.3 Å². The van der Waals surface area contributed by atoms with Gasteiger partial charge >= 0.3 is 0 Å². The van der Waals surface area contributed by atoms with Crippen LogP contribution in [0.1, 0.15) is 17.7 Å². The van der Waals surface area contributed by atoms with E-state index in [1.807, 2.05) is 30.3 Å². The molecule has 4 rings (SSSR count). The third-order valence-electron chi connectivity index (χ3n) is 4.15. The number of anilines is 1. The van der Waals surface area contributed by atoms with E-state index in [1.165, 1.54) is 5.56 Å². The monoisotopic (exact) mass is 295 g/mol. The topological polar surface area (TPSA) is 77.5 Å². The Morgan fingerprint density at radius 3 is 2.77 bits per heavy atom. The number of ether oxygens (including phenoxy) is 1. The number of hydrogen-bond acceptors (Lipinski definition) is 5. The summed E-state index contributed by atoms with van der Waals surface area (Å²) in [6.45, 7) is 0. The molecule has 0 unspecified atom stereocenters. The van der Waals surface area contributed by atoms with E-state index in [0.717, 1.165) is 53.4 Å². The third kappa shape index (κ3) is 1.92. The predicted octanol–water partition coefficient (Wildman–Crippen LogP) is 2.18. The van der Waals surface area contributed by atoms with Crippen molar-refractivity contribution in [3.05, 3.63) is 41.6 Å². The fourth-order valence-corrected chi connectivity index (χ4v) is 3.04. The van der Waals surface area contributed by atoms with Gasteiger partial charge in [-0.2, -0.15) is 9.61 Å². The predicted molar refractivity (Wildman–Crippen MR) is 84.8 cm³/mol. The molecule has 0 bridgehead atoms. The van der Waals surface area contributed by atoms with Crippen molar-refractivity contribution in [2.24, 2.45) is 5.84 Å². The number of hydrogen-bond donors (Lipinski definition) is 2. The second kappa shape index (κ2) is 4.99. The van der Waals surface area contributed by atoms with Crippen LogP contribution in [0.3, 0.4) is 0 Å². The molecule has 2 aromatic heterocycles. The van der Waals surface area contributed by atoms with Crippen LogP contribution in [-0.4, -0.2) is 21.7 Å². The van der Waals surface area contributed by atoms with Gasteiger partial charge in [-0.25, -0.2) is 10.8 Å². The van der Waals surface area contributed by atoms with Crippen LogP contribution in [0.25, 0.3) is 16.9 Å². The summed E-state index contributed by atoms with van der Waals surface area (Å²) in [6, 6.07) is 9.82. The fourth-order valence-electron chi connectivity index (χ4n) is 3.04. The van der Waals surface area contributed by atoms with Gasteiger partial charge in [-0.05, 0) is 43.5 Å². The van der Waals surface area contributed by atoms with Crippen molar-refractivity contribution in [3.8, 4) is 17.0 Å². The van der Waals surface area contributed by atoms with Crippen molar-refractivity contribution in [3.63, 3.8) is 0 Å². The maximum atomic E-state index is 5.72. The standard InChI is InChI=1S/C16H17N5O/c1-22-11-7-5-10(6-8-11)14-9-15-18-13-4-2-3-12(13)16(19-17)21(15)20-14/h5-9,19H,2-4,17H2,1H3. The number of nitrogens with two attached hydrogens (primary N) is 1. The lowest BCUT2D eigenvalue weighted by atomic mass is 10.1. The summed E-state index contributed by atoms with van der Waals surface area (Å²) in [5.41, 5.74) is 7.81. The molecule has 112 valence electrons. The van der Waals surface area contributed by atoms with Crippen molar-refractivity contribution in [2.75, 3.05) is 12.5 Å². The Balaban J connectivity index is 1.86. The zero-order chi connectivity index (χ0) is 15.1. The molecule has 0 spiro atoms. The van der Waals surface area contributed by atoms with Crippen molar-refractivity contribution in [1.29, 1.82) is 0 Å². The number of nitrogens with one attached hydrogen (secondary N) is 1. The van der Waals surface area contributed by atoms with Crippen LogP contribution >= 0.6 is 0 Å². The Morgan fingerprint density at radius 2 is 2.05 bits per heavy atom. The molecule has 0 atom stereocenters. The number of aromatic nitrogens is 3.